The molecule has 7 heteroatoms. The average molecular weight is 360 g/mol. The Balaban J connectivity index is 1.97. The number of likely N-dealkylation sites (N-methyl/N-ethyl adjacent to an activating group) is 1. The van der Waals surface area contributed by atoms with Crippen LogP contribution >= 0.6 is 11.3 Å². The van der Waals surface area contributed by atoms with Gasteiger partial charge in [-0.15, -0.1) is 11.3 Å². The van der Waals surface area contributed by atoms with E-state index < -0.39 is 0 Å². The molecule has 0 aliphatic rings. The zero-order valence-electron chi connectivity index (χ0n) is 15.0. The quantitative estimate of drug-likeness (QED) is 0.796. The van der Waals surface area contributed by atoms with Crippen molar-refractivity contribution in [1.82, 2.24) is 15.2 Å². The van der Waals surface area contributed by atoms with E-state index in [0.717, 1.165) is 10.7 Å². The van der Waals surface area contributed by atoms with Gasteiger partial charge in [-0.1, -0.05) is 18.2 Å². The molecule has 1 aromatic carbocycles. The minimum atomic E-state index is -0.160. The summed E-state index contributed by atoms with van der Waals surface area (Å²) in [4.78, 5) is 31.2. The Hall–Kier alpha value is -2.25. The van der Waals surface area contributed by atoms with Crippen LogP contribution in [0.1, 0.15) is 34.2 Å². The van der Waals surface area contributed by atoms with Crippen LogP contribution in [0.5, 0.6) is 0 Å². The number of thiazole rings is 1. The third-order valence-corrected chi connectivity index (χ3v) is 4.49. The minimum absolute atomic E-state index is 0.0205. The first kappa shape index (κ1) is 19.1. The molecule has 0 saturated heterocycles. The van der Waals surface area contributed by atoms with Crippen molar-refractivity contribution >= 4 is 28.8 Å². The van der Waals surface area contributed by atoms with Crippen LogP contribution in [0.3, 0.4) is 0 Å². The second-order valence-electron chi connectivity index (χ2n) is 6.24. The summed E-state index contributed by atoms with van der Waals surface area (Å²) in [7, 11) is 1.86. The molecule has 0 bridgehead atoms. The summed E-state index contributed by atoms with van der Waals surface area (Å²) in [6.07, 6.45) is 0. The fourth-order valence-corrected chi connectivity index (χ4v) is 3.38. The minimum Gasteiger partial charge on any atom is -0.353 e. The number of hydrogen-bond acceptors (Lipinski definition) is 5. The van der Waals surface area contributed by atoms with Gasteiger partial charge in [0.15, 0.2) is 0 Å². The highest BCUT2D eigenvalue weighted by atomic mass is 32.1. The van der Waals surface area contributed by atoms with Crippen LogP contribution in [0.4, 0.5) is 5.69 Å². The molecule has 2 aromatic rings. The normalized spacial score (nSPS) is 11.0. The van der Waals surface area contributed by atoms with Gasteiger partial charge >= 0.3 is 0 Å². The third-order valence-electron chi connectivity index (χ3n) is 3.35. The van der Waals surface area contributed by atoms with Gasteiger partial charge in [0.1, 0.15) is 9.88 Å². The van der Waals surface area contributed by atoms with Gasteiger partial charge in [-0.2, -0.15) is 0 Å². The van der Waals surface area contributed by atoms with Crippen LogP contribution < -0.4 is 10.6 Å². The van der Waals surface area contributed by atoms with Gasteiger partial charge in [0, 0.05) is 11.7 Å². The van der Waals surface area contributed by atoms with E-state index in [1.165, 1.54) is 11.3 Å². The topological polar surface area (TPSA) is 74.3 Å². The number of hydrogen-bond donors (Lipinski definition) is 2. The van der Waals surface area contributed by atoms with Crippen molar-refractivity contribution in [3.8, 4) is 0 Å². The second-order valence-corrected chi connectivity index (χ2v) is 7.32. The first-order chi connectivity index (χ1) is 11.8. The number of carbonyl (C=O) groups is 2. The standard InChI is InChI=1S/C18H24N4O2S/c1-12(2)19-15(23)10-22(4)11-16-20-13(3)17(25-16)18(24)21-14-8-6-5-7-9-14/h5-9,12H,10-11H2,1-4H3,(H,19,23)(H,21,24). The third kappa shape index (κ3) is 5.95. The van der Waals surface area contributed by atoms with Crippen molar-refractivity contribution in [2.75, 3.05) is 18.9 Å². The summed E-state index contributed by atoms with van der Waals surface area (Å²) in [6, 6.07) is 9.45. The van der Waals surface area contributed by atoms with Gasteiger partial charge in [-0.25, -0.2) is 4.98 Å². The van der Waals surface area contributed by atoms with E-state index in [1.807, 2.05) is 63.1 Å². The predicted octanol–water partition coefficient (Wildman–Crippen LogP) is 2.66. The van der Waals surface area contributed by atoms with Gasteiger partial charge in [0.25, 0.3) is 5.91 Å². The molecule has 0 radical (unpaired) electrons. The number of aromatic nitrogens is 1. The maximum Gasteiger partial charge on any atom is 0.267 e. The lowest BCUT2D eigenvalue weighted by Gasteiger charge is -2.16. The summed E-state index contributed by atoms with van der Waals surface area (Å²) in [5, 5.41) is 6.55. The maximum absolute atomic E-state index is 12.4. The molecule has 2 N–H and O–H groups in total. The fraction of sp³-hybridized carbons (Fsp3) is 0.389. The molecule has 25 heavy (non-hydrogen) atoms. The molecule has 0 spiro atoms. The molecular weight excluding hydrogens is 336 g/mol. The van der Waals surface area contributed by atoms with Crippen LogP contribution in [-0.2, 0) is 11.3 Å². The van der Waals surface area contributed by atoms with Crippen LogP contribution in [0, 0.1) is 6.92 Å². The fourth-order valence-electron chi connectivity index (χ4n) is 2.34. The van der Waals surface area contributed by atoms with Crippen LogP contribution in [0.15, 0.2) is 30.3 Å². The summed E-state index contributed by atoms with van der Waals surface area (Å²) in [5.41, 5.74) is 1.46. The van der Waals surface area contributed by atoms with E-state index in [0.29, 0.717) is 23.7 Å². The van der Waals surface area contributed by atoms with Gasteiger partial charge in [-0.3, -0.25) is 14.5 Å². The van der Waals surface area contributed by atoms with Crippen molar-refractivity contribution in [3.05, 3.63) is 45.9 Å². The maximum atomic E-state index is 12.4. The second kappa shape index (κ2) is 8.73. The Labute approximate surface area is 152 Å². The number of nitrogens with zero attached hydrogens (tertiary/aromatic N) is 2. The SMILES string of the molecule is Cc1nc(CN(C)CC(=O)NC(C)C)sc1C(=O)Nc1ccccc1. The number of carbonyl (C=O) groups excluding carboxylic acids is 2. The summed E-state index contributed by atoms with van der Waals surface area (Å²) in [6.45, 7) is 6.50. The zero-order chi connectivity index (χ0) is 18.4. The predicted molar refractivity (Wildman–Crippen MR) is 101 cm³/mol. The van der Waals surface area contributed by atoms with E-state index in [-0.39, 0.29) is 17.9 Å². The summed E-state index contributed by atoms with van der Waals surface area (Å²) < 4.78 is 0. The molecule has 1 heterocycles. The Morgan fingerprint density at radius 2 is 1.92 bits per heavy atom. The van der Waals surface area contributed by atoms with E-state index in [4.69, 9.17) is 0 Å². The first-order valence-corrected chi connectivity index (χ1v) is 8.97. The number of benzene rings is 1. The number of anilines is 1. The number of rotatable bonds is 7. The lowest BCUT2D eigenvalue weighted by molar-refractivity contribution is -0.122. The Morgan fingerprint density at radius 3 is 2.56 bits per heavy atom. The number of para-hydroxylation sites is 1. The van der Waals surface area contributed by atoms with Gasteiger partial charge in [0.05, 0.1) is 18.8 Å². The number of nitrogens with one attached hydrogen (secondary N) is 2. The summed E-state index contributed by atoms with van der Waals surface area (Å²) >= 11 is 1.36. The van der Waals surface area contributed by atoms with Crippen molar-refractivity contribution in [2.24, 2.45) is 0 Å². The van der Waals surface area contributed by atoms with Crippen LogP contribution in [-0.4, -0.2) is 41.3 Å². The Bertz CT molecular complexity index is 728. The Morgan fingerprint density at radius 1 is 1.24 bits per heavy atom. The van der Waals surface area contributed by atoms with E-state index in [1.54, 1.807) is 0 Å². The highest BCUT2D eigenvalue weighted by molar-refractivity contribution is 7.13. The number of aryl methyl sites for hydroxylation is 1. The van der Waals surface area contributed by atoms with Crippen molar-refractivity contribution < 1.29 is 9.59 Å². The van der Waals surface area contributed by atoms with Crippen LogP contribution in [0.2, 0.25) is 0 Å². The van der Waals surface area contributed by atoms with Crippen molar-refractivity contribution in [2.45, 2.75) is 33.4 Å². The smallest absolute Gasteiger partial charge is 0.267 e. The zero-order valence-corrected chi connectivity index (χ0v) is 15.8. The molecule has 6 nitrogen and oxygen atoms in total. The summed E-state index contributed by atoms with van der Waals surface area (Å²) in [5.74, 6) is -0.180. The molecular formula is C18H24N4O2S. The molecule has 0 saturated carbocycles. The molecule has 0 unspecified atom stereocenters. The molecule has 0 aliphatic carbocycles. The Kier molecular flexibility index (Phi) is 6.66. The van der Waals surface area contributed by atoms with E-state index >= 15 is 0 Å². The lowest BCUT2D eigenvalue weighted by atomic mass is 10.3. The van der Waals surface area contributed by atoms with Gasteiger partial charge in [-0.05, 0) is 40.0 Å². The monoisotopic (exact) mass is 360 g/mol. The van der Waals surface area contributed by atoms with Gasteiger partial charge < -0.3 is 10.6 Å². The lowest BCUT2D eigenvalue weighted by Crippen LogP contribution is -2.38. The molecule has 0 fully saturated rings. The van der Waals surface area contributed by atoms with Crippen LogP contribution in [0.25, 0.3) is 0 Å². The highest BCUT2D eigenvalue weighted by Crippen LogP contribution is 2.21. The molecule has 2 rings (SSSR count). The molecule has 0 atom stereocenters. The molecule has 1 aromatic heterocycles. The molecule has 2 amide bonds. The largest absolute Gasteiger partial charge is 0.353 e. The van der Waals surface area contributed by atoms with Gasteiger partial charge in [0.2, 0.25) is 5.91 Å². The van der Waals surface area contributed by atoms with E-state index in [9.17, 15) is 9.59 Å². The average Bonchev–Trinajstić information content (AvgIpc) is 2.87. The number of amides is 2. The van der Waals surface area contributed by atoms with Crippen molar-refractivity contribution in [1.29, 1.82) is 0 Å². The highest BCUT2D eigenvalue weighted by Gasteiger charge is 2.17. The first-order valence-electron chi connectivity index (χ1n) is 8.15. The van der Waals surface area contributed by atoms with Crippen molar-refractivity contribution in [3.63, 3.8) is 0 Å². The molecule has 134 valence electrons. The molecule has 0 aliphatic heterocycles. The van der Waals surface area contributed by atoms with E-state index in [2.05, 4.69) is 15.6 Å².